The molecule has 0 aromatic heterocycles. The minimum atomic E-state index is -1.34. The van der Waals surface area contributed by atoms with Gasteiger partial charge < -0.3 is 19.7 Å². The molecule has 0 fully saturated rings. The Bertz CT molecular complexity index is 460. The molecule has 1 heterocycles. The van der Waals surface area contributed by atoms with E-state index in [4.69, 9.17) is 9.47 Å². The van der Waals surface area contributed by atoms with Crippen molar-refractivity contribution >= 4 is 5.78 Å². The number of rotatable bonds is 6. The van der Waals surface area contributed by atoms with Gasteiger partial charge in [-0.25, -0.2) is 0 Å². The lowest BCUT2D eigenvalue weighted by molar-refractivity contribution is -0.134. The summed E-state index contributed by atoms with van der Waals surface area (Å²) in [5.74, 6) is 0.0863. The molecule has 1 aliphatic heterocycles. The van der Waals surface area contributed by atoms with Crippen molar-refractivity contribution in [3.8, 4) is 11.5 Å². The molecule has 1 aromatic carbocycles. The summed E-state index contributed by atoms with van der Waals surface area (Å²) in [6, 6.07) is 7.33. The molecule has 2 rings (SSSR count). The Hall–Kier alpha value is -1.59. The largest absolute Gasteiger partial charge is 0.449 e. The van der Waals surface area contributed by atoms with Crippen LogP contribution in [0.15, 0.2) is 24.3 Å². The Morgan fingerprint density at radius 2 is 1.80 bits per heavy atom. The van der Waals surface area contributed by atoms with Gasteiger partial charge in [-0.2, -0.15) is 0 Å². The van der Waals surface area contributed by atoms with Crippen molar-refractivity contribution in [3.63, 3.8) is 0 Å². The number of benzene rings is 1. The molecule has 5 heteroatoms. The quantitative estimate of drug-likeness (QED) is 0.828. The van der Waals surface area contributed by atoms with Crippen LogP contribution in [0.2, 0.25) is 0 Å². The minimum Gasteiger partial charge on any atom is -0.449 e. The van der Waals surface area contributed by atoms with Gasteiger partial charge in [0, 0.05) is 19.8 Å². The standard InChI is InChI=1S/C15H20O5/c1-3-10(16)14(18)11(17)8-9-15(2)19-12-6-4-5-7-13(12)20-15/h4-7,11,14,17-18H,3,8-9H2,1-2H3/t11-,14-/m0/s1. The molecule has 1 aromatic rings. The number of para-hydroxylation sites is 2. The predicted octanol–water partition coefficient (Wildman–Crippen LogP) is 1.66. The summed E-state index contributed by atoms with van der Waals surface area (Å²) in [6.45, 7) is 3.42. The zero-order chi connectivity index (χ0) is 14.8. The highest BCUT2D eigenvalue weighted by Gasteiger charge is 2.37. The number of aliphatic hydroxyl groups is 2. The first kappa shape index (κ1) is 14.8. The van der Waals surface area contributed by atoms with Gasteiger partial charge in [-0.05, 0) is 18.6 Å². The van der Waals surface area contributed by atoms with E-state index in [2.05, 4.69) is 0 Å². The second-order valence-corrected chi connectivity index (χ2v) is 5.16. The van der Waals surface area contributed by atoms with Gasteiger partial charge in [-0.3, -0.25) is 4.79 Å². The number of hydrogen-bond acceptors (Lipinski definition) is 5. The van der Waals surface area contributed by atoms with E-state index in [1.54, 1.807) is 13.8 Å². The lowest BCUT2D eigenvalue weighted by atomic mass is 10.0. The molecule has 5 nitrogen and oxygen atoms in total. The van der Waals surface area contributed by atoms with Gasteiger partial charge in [-0.1, -0.05) is 19.1 Å². The second kappa shape index (κ2) is 5.81. The van der Waals surface area contributed by atoms with Gasteiger partial charge in [0.1, 0.15) is 6.10 Å². The highest BCUT2D eigenvalue weighted by Crippen LogP contribution is 2.40. The van der Waals surface area contributed by atoms with Gasteiger partial charge >= 0.3 is 0 Å². The van der Waals surface area contributed by atoms with Crippen LogP contribution in [0.3, 0.4) is 0 Å². The van der Waals surface area contributed by atoms with Crippen molar-refractivity contribution in [2.75, 3.05) is 0 Å². The van der Waals surface area contributed by atoms with Crippen molar-refractivity contribution in [1.29, 1.82) is 0 Å². The van der Waals surface area contributed by atoms with Crippen LogP contribution in [-0.2, 0) is 4.79 Å². The van der Waals surface area contributed by atoms with E-state index < -0.39 is 18.0 Å². The molecule has 110 valence electrons. The SMILES string of the molecule is CCC(=O)[C@H](O)[C@@H](O)CCC1(C)Oc2ccccc2O1. The van der Waals surface area contributed by atoms with Crippen molar-refractivity contribution in [3.05, 3.63) is 24.3 Å². The average molecular weight is 280 g/mol. The lowest BCUT2D eigenvalue weighted by Gasteiger charge is -2.25. The van der Waals surface area contributed by atoms with Crippen molar-refractivity contribution in [2.24, 2.45) is 0 Å². The monoisotopic (exact) mass is 280 g/mol. The fourth-order valence-electron chi connectivity index (χ4n) is 2.20. The zero-order valence-electron chi connectivity index (χ0n) is 11.7. The van der Waals surface area contributed by atoms with Gasteiger partial charge in [0.05, 0.1) is 6.10 Å². The number of fused-ring (bicyclic) bond motifs is 1. The summed E-state index contributed by atoms with van der Waals surface area (Å²) in [4.78, 5) is 11.3. The van der Waals surface area contributed by atoms with Crippen LogP contribution in [0.25, 0.3) is 0 Å². The van der Waals surface area contributed by atoms with E-state index in [-0.39, 0.29) is 18.6 Å². The molecule has 0 bridgehead atoms. The molecular formula is C15H20O5. The number of carbonyl (C=O) groups is 1. The number of carbonyl (C=O) groups excluding carboxylic acids is 1. The molecule has 0 unspecified atom stereocenters. The first-order chi connectivity index (χ1) is 9.45. The van der Waals surface area contributed by atoms with Crippen LogP contribution in [0.5, 0.6) is 11.5 Å². The normalized spacial score (nSPS) is 18.6. The molecule has 1 aliphatic rings. The molecule has 20 heavy (non-hydrogen) atoms. The van der Waals surface area contributed by atoms with Gasteiger partial charge in [0.25, 0.3) is 0 Å². The first-order valence-corrected chi connectivity index (χ1v) is 6.81. The summed E-state index contributed by atoms with van der Waals surface area (Å²) in [5, 5.41) is 19.5. The van der Waals surface area contributed by atoms with E-state index in [1.807, 2.05) is 24.3 Å². The Balaban J connectivity index is 1.91. The summed E-state index contributed by atoms with van der Waals surface area (Å²) < 4.78 is 11.4. The molecular weight excluding hydrogens is 260 g/mol. The van der Waals surface area contributed by atoms with Crippen LogP contribution in [-0.4, -0.2) is 34.0 Å². The molecule has 2 N–H and O–H groups in total. The Kier molecular flexibility index (Phi) is 4.30. The number of ketones is 1. The zero-order valence-corrected chi connectivity index (χ0v) is 11.7. The molecule has 0 saturated heterocycles. The van der Waals surface area contributed by atoms with Gasteiger partial charge in [0.2, 0.25) is 5.79 Å². The summed E-state index contributed by atoms with van der Waals surface area (Å²) in [7, 11) is 0. The molecule has 0 aliphatic carbocycles. The van der Waals surface area contributed by atoms with Crippen molar-refractivity contribution < 1.29 is 24.5 Å². The maximum Gasteiger partial charge on any atom is 0.249 e. The third-order valence-corrected chi connectivity index (χ3v) is 3.44. The molecule has 0 amide bonds. The second-order valence-electron chi connectivity index (χ2n) is 5.16. The van der Waals surface area contributed by atoms with Crippen LogP contribution in [0.1, 0.15) is 33.1 Å². The number of ether oxygens (including phenoxy) is 2. The highest BCUT2D eigenvalue weighted by atomic mass is 16.7. The molecule has 0 radical (unpaired) electrons. The Labute approximate surface area is 118 Å². The van der Waals surface area contributed by atoms with E-state index in [1.165, 1.54) is 0 Å². The molecule has 0 spiro atoms. The summed E-state index contributed by atoms with van der Waals surface area (Å²) in [6.07, 6.45) is -1.65. The van der Waals surface area contributed by atoms with Crippen molar-refractivity contribution in [2.45, 2.75) is 51.1 Å². The summed E-state index contributed by atoms with van der Waals surface area (Å²) in [5.41, 5.74) is 0. The number of aliphatic hydroxyl groups excluding tert-OH is 2. The molecule has 2 atom stereocenters. The minimum absolute atomic E-state index is 0.202. The summed E-state index contributed by atoms with van der Waals surface area (Å²) >= 11 is 0. The van der Waals surface area contributed by atoms with E-state index >= 15 is 0 Å². The Morgan fingerprint density at radius 3 is 2.30 bits per heavy atom. The Morgan fingerprint density at radius 1 is 1.25 bits per heavy atom. The maximum atomic E-state index is 11.3. The van der Waals surface area contributed by atoms with Crippen LogP contribution >= 0.6 is 0 Å². The lowest BCUT2D eigenvalue weighted by Crippen LogP contribution is -2.39. The van der Waals surface area contributed by atoms with Gasteiger partial charge in [-0.15, -0.1) is 0 Å². The van der Waals surface area contributed by atoms with E-state index in [0.29, 0.717) is 17.9 Å². The van der Waals surface area contributed by atoms with Crippen LogP contribution in [0, 0.1) is 0 Å². The topological polar surface area (TPSA) is 76.0 Å². The fraction of sp³-hybridized carbons (Fsp3) is 0.533. The van der Waals surface area contributed by atoms with Gasteiger partial charge in [0.15, 0.2) is 17.3 Å². The van der Waals surface area contributed by atoms with Crippen molar-refractivity contribution in [1.82, 2.24) is 0 Å². The average Bonchev–Trinajstić information content (AvgIpc) is 2.79. The third-order valence-electron chi connectivity index (χ3n) is 3.44. The van der Waals surface area contributed by atoms with E-state index in [0.717, 1.165) is 0 Å². The fourth-order valence-corrected chi connectivity index (χ4v) is 2.20. The third kappa shape index (κ3) is 3.11. The maximum absolute atomic E-state index is 11.3. The first-order valence-electron chi connectivity index (χ1n) is 6.81. The van der Waals surface area contributed by atoms with E-state index in [9.17, 15) is 15.0 Å². The molecule has 0 saturated carbocycles. The van der Waals surface area contributed by atoms with Crippen LogP contribution < -0.4 is 9.47 Å². The number of hydrogen-bond donors (Lipinski definition) is 2. The highest BCUT2D eigenvalue weighted by molar-refractivity contribution is 5.83. The smallest absolute Gasteiger partial charge is 0.249 e. The number of Topliss-reactive ketones (excluding diaryl/α,β-unsaturated/α-hetero) is 1. The van der Waals surface area contributed by atoms with Crippen LogP contribution in [0.4, 0.5) is 0 Å². The predicted molar refractivity (Wildman–Crippen MR) is 72.6 cm³/mol.